The number of hydrogen-bond donors (Lipinski definition) is 3. The lowest BCUT2D eigenvalue weighted by atomic mass is 9.90. The van der Waals surface area contributed by atoms with E-state index in [0.717, 1.165) is 19.3 Å². The molecule has 0 saturated heterocycles. The Bertz CT molecular complexity index is 312. The van der Waals surface area contributed by atoms with Gasteiger partial charge in [-0.2, -0.15) is 0 Å². The predicted octanol–water partition coefficient (Wildman–Crippen LogP) is 2.12. The Morgan fingerprint density at radius 2 is 1.67 bits per heavy atom. The van der Waals surface area contributed by atoms with Gasteiger partial charge in [0.25, 0.3) is 0 Å². The highest BCUT2D eigenvalue weighted by molar-refractivity contribution is 5.80. The van der Waals surface area contributed by atoms with Crippen molar-refractivity contribution < 1.29 is 14.7 Å². The first-order chi connectivity index (χ1) is 8.43. The van der Waals surface area contributed by atoms with Gasteiger partial charge in [0.15, 0.2) is 0 Å². The molecule has 1 saturated carbocycles. The van der Waals surface area contributed by atoms with Gasteiger partial charge in [-0.25, -0.2) is 4.79 Å². The van der Waals surface area contributed by atoms with Crippen molar-refractivity contribution in [1.29, 1.82) is 0 Å². The molecule has 104 valence electrons. The van der Waals surface area contributed by atoms with Gasteiger partial charge in [-0.3, -0.25) is 4.79 Å². The van der Waals surface area contributed by atoms with Crippen molar-refractivity contribution in [3.63, 3.8) is 0 Å². The fourth-order valence-electron chi connectivity index (χ4n) is 2.17. The minimum Gasteiger partial charge on any atom is -0.481 e. The van der Waals surface area contributed by atoms with Gasteiger partial charge < -0.3 is 15.7 Å². The summed E-state index contributed by atoms with van der Waals surface area (Å²) in [6, 6.07) is -0.256. The molecule has 0 aliphatic heterocycles. The molecule has 0 bridgehead atoms. The summed E-state index contributed by atoms with van der Waals surface area (Å²) >= 11 is 0. The van der Waals surface area contributed by atoms with E-state index in [1.807, 2.05) is 20.8 Å². The standard InChI is InChI=1S/C13H24N2O3/c1-4-13(5-2,6-3)15-11(18)14-9-12(7-8-12)10(16)17/h4-9H2,1-3H3,(H,16,17)(H2,14,15,18). The zero-order valence-corrected chi connectivity index (χ0v) is 11.5. The lowest BCUT2D eigenvalue weighted by Crippen LogP contribution is -2.52. The number of amides is 2. The van der Waals surface area contributed by atoms with Crippen molar-refractivity contribution >= 4 is 12.0 Å². The molecule has 0 aromatic rings. The van der Waals surface area contributed by atoms with Crippen LogP contribution in [0.3, 0.4) is 0 Å². The molecule has 2 amide bonds. The molecule has 5 heteroatoms. The Kier molecular flexibility index (Phi) is 4.59. The number of rotatable bonds is 7. The van der Waals surface area contributed by atoms with Gasteiger partial charge in [0, 0.05) is 12.1 Å². The molecule has 0 atom stereocenters. The first kappa shape index (κ1) is 14.8. The number of carboxylic acids is 1. The van der Waals surface area contributed by atoms with E-state index in [4.69, 9.17) is 5.11 Å². The summed E-state index contributed by atoms with van der Waals surface area (Å²) < 4.78 is 0. The summed E-state index contributed by atoms with van der Waals surface area (Å²) in [6.07, 6.45) is 3.93. The molecule has 3 N–H and O–H groups in total. The summed E-state index contributed by atoms with van der Waals surface area (Å²) in [6.45, 7) is 6.37. The molecule has 1 aliphatic carbocycles. The SMILES string of the molecule is CCC(CC)(CC)NC(=O)NCC1(C(=O)O)CC1. The zero-order chi connectivity index (χ0) is 13.8. The van der Waals surface area contributed by atoms with Crippen LogP contribution in [0.4, 0.5) is 4.79 Å². The molecule has 5 nitrogen and oxygen atoms in total. The zero-order valence-electron chi connectivity index (χ0n) is 11.5. The number of hydrogen-bond acceptors (Lipinski definition) is 2. The van der Waals surface area contributed by atoms with E-state index in [1.165, 1.54) is 0 Å². The number of carboxylic acid groups (broad SMARTS) is 1. The molecular weight excluding hydrogens is 232 g/mol. The summed E-state index contributed by atoms with van der Waals surface area (Å²) in [4.78, 5) is 22.8. The number of aliphatic carboxylic acids is 1. The number of urea groups is 1. The maximum atomic E-state index is 11.8. The van der Waals surface area contributed by atoms with E-state index in [2.05, 4.69) is 10.6 Å². The summed E-state index contributed by atoms with van der Waals surface area (Å²) in [5.74, 6) is -0.810. The highest BCUT2D eigenvalue weighted by Crippen LogP contribution is 2.45. The van der Waals surface area contributed by atoms with Crippen LogP contribution in [0.5, 0.6) is 0 Å². The third-order valence-corrected chi connectivity index (χ3v) is 4.30. The molecule has 0 heterocycles. The lowest BCUT2D eigenvalue weighted by molar-refractivity contribution is -0.143. The Morgan fingerprint density at radius 3 is 2.00 bits per heavy atom. The van der Waals surface area contributed by atoms with Crippen LogP contribution in [0.2, 0.25) is 0 Å². The van der Waals surface area contributed by atoms with Crippen molar-refractivity contribution in [2.75, 3.05) is 6.54 Å². The molecule has 18 heavy (non-hydrogen) atoms. The highest BCUT2D eigenvalue weighted by atomic mass is 16.4. The van der Waals surface area contributed by atoms with Crippen LogP contribution in [0.1, 0.15) is 52.9 Å². The van der Waals surface area contributed by atoms with Crippen LogP contribution >= 0.6 is 0 Å². The number of carbonyl (C=O) groups is 2. The second kappa shape index (κ2) is 5.59. The summed E-state index contributed by atoms with van der Waals surface area (Å²) in [7, 11) is 0. The van der Waals surface area contributed by atoms with Gasteiger partial charge in [-0.1, -0.05) is 20.8 Å². The monoisotopic (exact) mass is 256 g/mol. The normalized spacial score (nSPS) is 17.1. The van der Waals surface area contributed by atoms with E-state index < -0.39 is 11.4 Å². The second-order valence-electron chi connectivity index (χ2n) is 5.23. The summed E-state index contributed by atoms with van der Waals surface area (Å²) in [5, 5.41) is 14.7. The van der Waals surface area contributed by atoms with E-state index in [1.54, 1.807) is 0 Å². The van der Waals surface area contributed by atoms with Gasteiger partial charge in [-0.05, 0) is 32.1 Å². The fourth-order valence-corrected chi connectivity index (χ4v) is 2.17. The number of nitrogens with one attached hydrogen (secondary N) is 2. The van der Waals surface area contributed by atoms with Crippen LogP contribution in [-0.4, -0.2) is 29.2 Å². The van der Waals surface area contributed by atoms with Crippen molar-refractivity contribution in [3.05, 3.63) is 0 Å². The predicted molar refractivity (Wildman–Crippen MR) is 69.4 cm³/mol. The quantitative estimate of drug-likeness (QED) is 0.653. The van der Waals surface area contributed by atoms with E-state index in [9.17, 15) is 9.59 Å². The van der Waals surface area contributed by atoms with E-state index in [-0.39, 0.29) is 18.1 Å². The summed E-state index contributed by atoms with van der Waals surface area (Å²) in [5.41, 5.74) is -0.880. The first-order valence-electron chi connectivity index (χ1n) is 6.73. The third-order valence-electron chi connectivity index (χ3n) is 4.30. The second-order valence-corrected chi connectivity index (χ2v) is 5.23. The van der Waals surface area contributed by atoms with Gasteiger partial charge in [0.1, 0.15) is 0 Å². The first-order valence-corrected chi connectivity index (χ1v) is 6.73. The Morgan fingerprint density at radius 1 is 1.17 bits per heavy atom. The third kappa shape index (κ3) is 3.15. The van der Waals surface area contributed by atoms with Gasteiger partial charge >= 0.3 is 12.0 Å². The Hall–Kier alpha value is -1.26. The highest BCUT2D eigenvalue weighted by Gasteiger charge is 2.50. The van der Waals surface area contributed by atoms with Crippen LogP contribution in [-0.2, 0) is 4.79 Å². The maximum Gasteiger partial charge on any atom is 0.315 e. The van der Waals surface area contributed by atoms with Crippen molar-refractivity contribution in [1.82, 2.24) is 10.6 Å². The van der Waals surface area contributed by atoms with Gasteiger partial charge in [-0.15, -0.1) is 0 Å². The van der Waals surface area contributed by atoms with Gasteiger partial charge in [0.2, 0.25) is 0 Å². The molecule has 0 radical (unpaired) electrons. The smallest absolute Gasteiger partial charge is 0.315 e. The molecule has 0 aromatic heterocycles. The molecule has 0 spiro atoms. The van der Waals surface area contributed by atoms with Crippen molar-refractivity contribution in [2.24, 2.45) is 5.41 Å². The largest absolute Gasteiger partial charge is 0.481 e. The maximum absolute atomic E-state index is 11.8. The molecule has 1 fully saturated rings. The topological polar surface area (TPSA) is 78.4 Å². The molecule has 1 rings (SSSR count). The van der Waals surface area contributed by atoms with Gasteiger partial charge in [0.05, 0.1) is 5.41 Å². The van der Waals surface area contributed by atoms with Crippen molar-refractivity contribution in [3.8, 4) is 0 Å². The fraction of sp³-hybridized carbons (Fsp3) is 0.846. The molecule has 0 aromatic carbocycles. The van der Waals surface area contributed by atoms with Crippen LogP contribution in [0.15, 0.2) is 0 Å². The van der Waals surface area contributed by atoms with E-state index >= 15 is 0 Å². The lowest BCUT2D eigenvalue weighted by Gasteiger charge is -2.32. The van der Waals surface area contributed by atoms with E-state index in [0.29, 0.717) is 12.8 Å². The molecular formula is C13H24N2O3. The molecule has 1 aliphatic rings. The number of carbonyl (C=O) groups excluding carboxylic acids is 1. The van der Waals surface area contributed by atoms with Crippen LogP contribution in [0, 0.1) is 5.41 Å². The average Bonchev–Trinajstić information content (AvgIpc) is 3.15. The Labute approximate surface area is 108 Å². The minimum atomic E-state index is -0.810. The van der Waals surface area contributed by atoms with Crippen molar-refractivity contribution in [2.45, 2.75) is 58.4 Å². The van der Waals surface area contributed by atoms with Crippen LogP contribution in [0.25, 0.3) is 0 Å². The molecule has 0 unspecified atom stereocenters. The Balaban J connectivity index is 2.44. The average molecular weight is 256 g/mol. The van der Waals surface area contributed by atoms with Crippen LogP contribution < -0.4 is 10.6 Å². The minimum absolute atomic E-state index is 0.177.